The number of nitrogens with zero attached hydrogens (tertiary/aromatic N) is 5. The summed E-state index contributed by atoms with van der Waals surface area (Å²) in [5, 5.41) is 5.16. The molecule has 0 saturated carbocycles. The highest BCUT2D eigenvalue weighted by atomic mass is 19.1. The lowest BCUT2D eigenvalue weighted by atomic mass is 10.2. The second-order valence-corrected chi connectivity index (χ2v) is 5.94. The molecule has 0 spiro atoms. The van der Waals surface area contributed by atoms with Crippen molar-refractivity contribution in [3.05, 3.63) is 78.5 Å². The van der Waals surface area contributed by atoms with E-state index in [0.717, 1.165) is 24.3 Å². The Balaban J connectivity index is 1.78. The van der Waals surface area contributed by atoms with E-state index in [1.807, 2.05) is 18.2 Å². The van der Waals surface area contributed by atoms with Crippen LogP contribution in [-0.2, 0) is 6.54 Å². The van der Waals surface area contributed by atoms with Crippen molar-refractivity contribution in [1.29, 1.82) is 0 Å². The summed E-state index contributed by atoms with van der Waals surface area (Å²) < 4.78 is 15.7. The Morgan fingerprint density at radius 3 is 2.54 bits per heavy atom. The predicted octanol–water partition coefficient (Wildman–Crippen LogP) is 3.98. The van der Waals surface area contributed by atoms with Gasteiger partial charge in [-0.3, -0.25) is 0 Å². The molecule has 130 valence electrons. The fourth-order valence-electron chi connectivity index (χ4n) is 3.02. The third kappa shape index (κ3) is 2.90. The Morgan fingerprint density at radius 2 is 1.77 bits per heavy atom. The number of hydrogen-bond acceptors (Lipinski definition) is 4. The maximum absolute atomic E-state index is 14.2. The van der Waals surface area contributed by atoms with Crippen LogP contribution in [0, 0.1) is 5.82 Å². The summed E-state index contributed by atoms with van der Waals surface area (Å²) in [6.45, 7) is 3.60. The van der Waals surface area contributed by atoms with Crippen molar-refractivity contribution in [3.8, 4) is 5.69 Å². The molecule has 0 N–H and O–H groups in total. The van der Waals surface area contributed by atoms with Gasteiger partial charge in [-0.25, -0.2) is 19.0 Å². The van der Waals surface area contributed by atoms with Crippen LogP contribution in [0.1, 0.15) is 12.5 Å². The van der Waals surface area contributed by atoms with Crippen molar-refractivity contribution in [3.63, 3.8) is 0 Å². The van der Waals surface area contributed by atoms with Crippen molar-refractivity contribution in [2.75, 3.05) is 11.4 Å². The van der Waals surface area contributed by atoms with Gasteiger partial charge in [-0.05, 0) is 24.6 Å². The van der Waals surface area contributed by atoms with Crippen LogP contribution < -0.4 is 4.90 Å². The van der Waals surface area contributed by atoms with Crippen LogP contribution in [0.25, 0.3) is 16.7 Å². The van der Waals surface area contributed by atoms with Gasteiger partial charge < -0.3 is 4.90 Å². The van der Waals surface area contributed by atoms with Gasteiger partial charge in [0, 0.05) is 13.1 Å². The van der Waals surface area contributed by atoms with Crippen molar-refractivity contribution in [2.45, 2.75) is 13.5 Å². The van der Waals surface area contributed by atoms with Gasteiger partial charge in [0.2, 0.25) is 0 Å². The number of anilines is 1. The lowest BCUT2D eigenvalue weighted by Crippen LogP contribution is -2.23. The minimum Gasteiger partial charge on any atom is -0.352 e. The molecule has 0 aliphatic heterocycles. The molecule has 0 aliphatic carbocycles. The number of benzene rings is 2. The first kappa shape index (κ1) is 16.2. The van der Waals surface area contributed by atoms with E-state index < -0.39 is 0 Å². The molecule has 0 amide bonds. The minimum absolute atomic E-state index is 0.339. The molecule has 2 aromatic carbocycles. The number of fused-ring (bicyclic) bond motifs is 1. The Labute approximate surface area is 150 Å². The van der Waals surface area contributed by atoms with E-state index in [4.69, 9.17) is 0 Å². The van der Waals surface area contributed by atoms with Crippen LogP contribution in [0.3, 0.4) is 0 Å². The van der Waals surface area contributed by atoms with Gasteiger partial charge in [-0.1, -0.05) is 42.5 Å². The quantitative estimate of drug-likeness (QED) is 0.548. The molecule has 0 atom stereocenters. The van der Waals surface area contributed by atoms with E-state index in [2.05, 4.69) is 39.0 Å². The maximum Gasteiger partial charge on any atom is 0.168 e. The zero-order valence-electron chi connectivity index (χ0n) is 14.4. The van der Waals surface area contributed by atoms with Crippen LogP contribution in [0.4, 0.5) is 10.2 Å². The average Bonchev–Trinajstić information content (AvgIpc) is 3.11. The third-order valence-corrected chi connectivity index (χ3v) is 4.32. The highest BCUT2D eigenvalue weighted by molar-refractivity contribution is 5.87. The molecular formula is C20H18FN5. The third-order valence-electron chi connectivity index (χ3n) is 4.32. The Bertz CT molecular complexity index is 1030. The number of aromatic nitrogens is 4. The van der Waals surface area contributed by atoms with Gasteiger partial charge >= 0.3 is 0 Å². The molecule has 4 rings (SSSR count). The first-order chi connectivity index (χ1) is 12.8. The molecule has 0 saturated heterocycles. The van der Waals surface area contributed by atoms with Crippen LogP contribution in [0.5, 0.6) is 0 Å². The van der Waals surface area contributed by atoms with Crippen LogP contribution >= 0.6 is 0 Å². The van der Waals surface area contributed by atoms with Gasteiger partial charge in [-0.15, -0.1) is 0 Å². The molecular weight excluding hydrogens is 329 g/mol. The summed E-state index contributed by atoms with van der Waals surface area (Å²) in [5.74, 6) is 0.457. The van der Waals surface area contributed by atoms with Gasteiger partial charge in [0.05, 0.1) is 11.6 Å². The smallest absolute Gasteiger partial charge is 0.168 e. The summed E-state index contributed by atoms with van der Waals surface area (Å²) in [6, 6.07) is 16.8. The molecule has 0 bridgehead atoms. The molecule has 26 heavy (non-hydrogen) atoms. The standard InChI is InChI=1S/C20H18FN5/c1-2-25(13-15-8-4-3-5-9-15)19-16-12-24-26(20(16)23-14-22-19)18-11-7-6-10-17(18)21/h3-12,14H,2,13H2,1H3. The summed E-state index contributed by atoms with van der Waals surface area (Å²) in [4.78, 5) is 11.0. The van der Waals surface area contributed by atoms with E-state index in [1.165, 1.54) is 22.6 Å². The second kappa shape index (κ2) is 6.92. The number of hydrogen-bond donors (Lipinski definition) is 0. The zero-order valence-corrected chi connectivity index (χ0v) is 14.4. The molecule has 0 radical (unpaired) electrons. The first-order valence-electron chi connectivity index (χ1n) is 8.50. The molecule has 2 aromatic heterocycles. The van der Waals surface area contributed by atoms with Gasteiger partial charge in [0.15, 0.2) is 5.65 Å². The second-order valence-electron chi connectivity index (χ2n) is 5.94. The van der Waals surface area contributed by atoms with E-state index in [9.17, 15) is 4.39 Å². The largest absolute Gasteiger partial charge is 0.352 e. The Hall–Kier alpha value is -3.28. The molecule has 4 aromatic rings. The lowest BCUT2D eigenvalue weighted by Gasteiger charge is -2.22. The summed E-state index contributed by atoms with van der Waals surface area (Å²) >= 11 is 0. The highest BCUT2D eigenvalue weighted by Crippen LogP contribution is 2.26. The average molecular weight is 347 g/mol. The fraction of sp³-hybridized carbons (Fsp3) is 0.150. The van der Waals surface area contributed by atoms with Crippen molar-refractivity contribution in [2.24, 2.45) is 0 Å². The molecule has 6 heteroatoms. The molecule has 0 fully saturated rings. The van der Waals surface area contributed by atoms with Crippen LogP contribution in [-0.4, -0.2) is 26.3 Å². The van der Waals surface area contributed by atoms with Crippen molar-refractivity contribution >= 4 is 16.9 Å². The fourth-order valence-corrected chi connectivity index (χ4v) is 3.02. The van der Waals surface area contributed by atoms with E-state index in [-0.39, 0.29) is 5.82 Å². The van der Waals surface area contributed by atoms with Crippen LogP contribution in [0.2, 0.25) is 0 Å². The summed E-state index contributed by atoms with van der Waals surface area (Å²) in [7, 11) is 0. The van der Waals surface area contributed by atoms with E-state index in [0.29, 0.717) is 11.3 Å². The molecule has 0 aliphatic rings. The summed E-state index contributed by atoms with van der Waals surface area (Å²) in [6.07, 6.45) is 3.20. The SMILES string of the molecule is CCN(Cc1ccccc1)c1ncnc2c1cnn2-c1ccccc1F. The van der Waals surface area contributed by atoms with Crippen molar-refractivity contribution < 1.29 is 4.39 Å². The zero-order chi connectivity index (χ0) is 17.9. The monoisotopic (exact) mass is 347 g/mol. The Kier molecular flexibility index (Phi) is 4.31. The maximum atomic E-state index is 14.2. The summed E-state index contributed by atoms with van der Waals surface area (Å²) in [5.41, 5.74) is 2.16. The predicted molar refractivity (Wildman–Crippen MR) is 99.8 cm³/mol. The minimum atomic E-state index is -0.339. The molecule has 5 nitrogen and oxygen atoms in total. The number of rotatable bonds is 5. The highest BCUT2D eigenvalue weighted by Gasteiger charge is 2.17. The van der Waals surface area contributed by atoms with Crippen molar-refractivity contribution in [1.82, 2.24) is 19.7 Å². The van der Waals surface area contributed by atoms with Gasteiger partial charge in [-0.2, -0.15) is 5.10 Å². The van der Waals surface area contributed by atoms with Crippen LogP contribution in [0.15, 0.2) is 67.1 Å². The van der Waals surface area contributed by atoms with Gasteiger partial charge in [0.1, 0.15) is 23.6 Å². The van der Waals surface area contributed by atoms with E-state index >= 15 is 0 Å². The topological polar surface area (TPSA) is 46.8 Å². The first-order valence-corrected chi connectivity index (χ1v) is 8.50. The van der Waals surface area contributed by atoms with E-state index in [1.54, 1.807) is 24.4 Å². The lowest BCUT2D eigenvalue weighted by molar-refractivity contribution is 0.612. The normalized spacial score (nSPS) is 11.0. The number of para-hydroxylation sites is 1. The number of halogens is 1. The molecule has 2 heterocycles. The Morgan fingerprint density at radius 1 is 1.00 bits per heavy atom. The molecule has 0 unspecified atom stereocenters. The van der Waals surface area contributed by atoms with Gasteiger partial charge in [0.25, 0.3) is 0 Å².